The van der Waals surface area contributed by atoms with E-state index >= 15 is 0 Å². The summed E-state index contributed by atoms with van der Waals surface area (Å²) in [7, 11) is -3.87. The molecule has 2 aromatic heterocycles. The Kier molecular flexibility index (Phi) is 5.20. The van der Waals surface area contributed by atoms with Crippen LogP contribution in [0, 0.1) is 17.2 Å². The molecule has 1 fully saturated rings. The number of hydrogen-bond donors (Lipinski definition) is 0. The van der Waals surface area contributed by atoms with Gasteiger partial charge in [0.05, 0.1) is 15.9 Å². The molecule has 1 aromatic carbocycles. The van der Waals surface area contributed by atoms with Gasteiger partial charge in [-0.05, 0) is 49.1 Å². The first-order valence-corrected chi connectivity index (χ1v) is 11.5. The van der Waals surface area contributed by atoms with Crippen LogP contribution in [0.15, 0.2) is 44.7 Å². The van der Waals surface area contributed by atoms with E-state index in [0.29, 0.717) is 11.4 Å². The Morgan fingerprint density at radius 3 is 2.57 bits per heavy atom. The van der Waals surface area contributed by atoms with Crippen molar-refractivity contribution in [2.75, 3.05) is 13.2 Å². The standard InChI is InChI=1S/C22H25N3O4S/c1-22(2,3)21-24-18-12-17(30(26,27)20-7-4-16(13-23)29-20)5-6-19(18)25(21)14-15-8-10-28-11-9-15/h4-7,12,15H,8-11,14H2,1-3H3. The zero-order valence-corrected chi connectivity index (χ0v) is 18.2. The molecule has 0 aliphatic carbocycles. The third-order valence-electron chi connectivity index (χ3n) is 5.44. The van der Waals surface area contributed by atoms with Crippen LogP contribution in [0.2, 0.25) is 0 Å². The van der Waals surface area contributed by atoms with E-state index in [1.54, 1.807) is 12.1 Å². The van der Waals surface area contributed by atoms with E-state index in [-0.39, 0.29) is 21.2 Å². The van der Waals surface area contributed by atoms with Crippen LogP contribution in [0.1, 0.15) is 45.2 Å². The second-order valence-electron chi connectivity index (χ2n) is 8.74. The fourth-order valence-corrected chi connectivity index (χ4v) is 5.06. The molecule has 0 amide bonds. The molecular formula is C22H25N3O4S. The Morgan fingerprint density at radius 1 is 1.20 bits per heavy atom. The Bertz CT molecular complexity index is 1220. The number of hydrogen-bond acceptors (Lipinski definition) is 6. The molecular weight excluding hydrogens is 402 g/mol. The average molecular weight is 428 g/mol. The van der Waals surface area contributed by atoms with Gasteiger partial charge in [0.15, 0.2) is 0 Å². The first-order valence-electron chi connectivity index (χ1n) is 10.0. The average Bonchev–Trinajstić information content (AvgIpc) is 3.34. The summed E-state index contributed by atoms with van der Waals surface area (Å²) < 4.78 is 38.8. The molecule has 3 aromatic rings. The van der Waals surface area contributed by atoms with E-state index in [9.17, 15) is 8.42 Å². The third kappa shape index (κ3) is 3.75. The third-order valence-corrected chi connectivity index (χ3v) is 7.06. The zero-order chi connectivity index (χ0) is 21.5. The maximum atomic E-state index is 13.0. The van der Waals surface area contributed by atoms with Crippen LogP contribution >= 0.6 is 0 Å². The number of nitrogens with zero attached hydrogens (tertiary/aromatic N) is 3. The Labute approximate surface area is 176 Å². The molecule has 0 saturated carbocycles. The highest BCUT2D eigenvalue weighted by Crippen LogP contribution is 2.31. The van der Waals surface area contributed by atoms with E-state index in [4.69, 9.17) is 19.4 Å². The van der Waals surface area contributed by atoms with Crippen LogP contribution in [0.4, 0.5) is 0 Å². The van der Waals surface area contributed by atoms with Gasteiger partial charge in [0.2, 0.25) is 20.7 Å². The van der Waals surface area contributed by atoms with Crippen molar-refractivity contribution in [3.05, 3.63) is 41.9 Å². The molecule has 4 rings (SSSR count). The summed E-state index contributed by atoms with van der Waals surface area (Å²) in [5, 5.41) is 8.67. The summed E-state index contributed by atoms with van der Waals surface area (Å²) in [6.45, 7) is 8.72. The smallest absolute Gasteiger partial charge is 0.239 e. The molecule has 30 heavy (non-hydrogen) atoms. The van der Waals surface area contributed by atoms with Crippen LogP contribution in [0.3, 0.4) is 0 Å². The molecule has 0 spiro atoms. The van der Waals surface area contributed by atoms with Gasteiger partial charge in [-0.2, -0.15) is 5.26 Å². The Morgan fingerprint density at radius 2 is 1.93 bits per heavy atom. The fraction of sp³-hybridized carbons (Fsp3) is 0.455. The van der Waals surface area contributed by atoms with E-state index in [2.05, 4.69) is 25.3 Å². The van der Waals surface area contributed by atoms with Crippen molar-refractivity contribution in [3.8, 4) is 6.07 Å². The van der Waals surface area contributed by atoms with Crippen molar-refractivity contribution in [1.82, 2.24) is 9.55 Å². The lowest BCUT2D eigenvalue weighted by Gasteiger charge is -2.26. The van der Waals surface area contributed by atoms with Crippen molar-refractivity contribution < 1.29 is 17.6 Å². The predicted molar refractivity (Wildman–Crippen MR) is 111 cm³/mol. The molecule has 158 valence electrons. The minimum absolute atomic E-state index is 0.0367. The summed E-state index contributed by atoms with van der Waals surface area (Å²) in [6.07, 6.45) is 2.02. The van der Waals surface area contributed by atoms with Crippen LogP contribution in [-0.2, 0) is 26.5 Å². The minimum atomic E-state index is -3.87. The van der Waals surface area contributed by atoms with Gasteiger partial charge in [0.1, 0.15) is 11.9 Å². The molecule has 0 bridgehead atoms. The van der Waals surface area contributed by atoms with Crippen LogP contribution in [0.25, 0.3) is 11.0 Å². The highest BCUT2D eigenvalue weighted by Gasteiger charge is 2.27. The van der Waals surface area contributed by atoms with Gasteiger partial charge in [0, 0.05) is 25.2 Å². The molecule has 8 heteroatoms. The largest absolute Gasteiger partial charge is 0.434 e. The number of fused-ring (bicyclic) bond motifs is 1. The van der Waals surface area contributed by atoms with Gasteiger partial charge >= 0.3 is 0 Å². The normalized spacial score (nSPS) is 16.1. The maximum absolute atomic E-state index is 13.0. The van der Waals surface area contributed by atoms with Crippen molar-refractivity contribution in [2.45, 2.75) is 55.6 Å². The lowest BCUT2D eigenvalue weighted by Crippen LogP contribution is -2.25. The molecule has 7 nitrogen and oxygen atoms in total. The van der Waals surface area contributed by atoms with Crippen LogP contribution in [-0.4, -0.2) is 31.2 Å². The van der Waals surface area contributed by atoms with E-state index in [1.807, 2.05) is 12.1 Å². The summed E-state index contributed by atoms with van der Waals surface area (Å²) in [4.78, 5) is 4.92. The van der Waals surface area contributed by atoms with Gasteiger partial charge < -0.3 is 13.7 Å². The first-order chi connectivity index (χ1) is 14.2. The second kappa shape index (κ2) is 7.56. The monoisotopic (exact) mass is 427 g/mol. The van der Waals surface area contributed by atoms with Gasteiger partial charge in [-0.3, -0.25) is 0 Å². The van der Waals surface area contributed by atoms with E-state index in [0.717, 1.165) is 43.9 Å². The van der Waals surface area contributed by atoms with Crippen LogP contribution in [0.5, 0.6) is 0 Å². The Balaban J connectivity index is 1.78. The lowest BCUT2D eigenvalue weighted by atomic mass is 9.94. The molecule has 0 N–H and O–H groups in total. The number of benzene rings is 1. The summed E-state index contributed by atoms with van der Waals surface area (Å²) in [5.74, 6) is 1.40. The number of nitriles is 1. The van der Waals surface area contributed by atoms with Crippen molar-refractivity contribution >= 4 is 20.9 Å². The summed E-state index contributed by atoms with van der Waals surface area (Å²) in [5.41, 5.74) is 1.37. The Hall–Kier alpha value is -2.63. The number of rotatable bonds is 4. The van der Waals surface area contributed by atoms with E-state index in [1.165, 1.54) is 12.1 Å². The topological polar surface area (TPSA) is 98.1 Å². The molecule has 1 aliphatic heterocycles. The van der Waals surface area contributed by atoms with Gasteiger partial charge in [-0.1, -0.05) is 20.8 Å². The maximum Gasteiger partial charge on any atom is 0.239 e. The zero-order valence-electron chi connectivity index (χ0n) is 17.4. The fourth-order valence-electron chi connectivity index (χ4n) is 3.86. The van der Waals surface area contributed by atoms with Crippen molar-refractivity contribution in [3.63, 3.8) is 0 Å². The quantitative estimate of drug-likeness (QED) is 0.623. The number of sulfone groups is 1. The van der Waals surface area contributed by atoms with Crippen molar-refractivity contribution in [2.24, 2.45) is 5.92 Å². The molecule has 1 saturated heterocycles. The number of ether oxygens (including phenoxy) is 1. The number of furan rings is 1. The molecule has 0 unspecified atom stereocenters. The first kappa shape index (κ1) is 20.6. The second-order valence-corrected chi connectivity index (χ2v) is 10.6. The lowest BCUT2D eigenvalue weighted by molar-refractivity contribution is 0.0611. The number of aromatic nitrogens is 2. The molecule has 1 aliphatic rings. The molecule has 0 radical (unpaired) electrons. The molecule has 0 atom stereocenters. The summed E-state index contributed by atoms with van der Waals surface area (Å²) >= 11 is 0. The van der Waals surface area contributed by atoms with Gasteiger partial charge in [0.25, 0.3) is 0 Å². The van der Waals surface area contributed by atoms with Crippen molar-refractivity contribution in [1.29, 1.82) is 5.26 Å². The number of imidazole rings is 1. The van der Waals surface area contributed by atoms with Gasteiger partial charge in [-0.25, -0.2) is 13.4 Å². The van der Waals surface area contributed by atoms with Crippen LogP contribution < -0.4 is 0 Å². The minimum Gasteiger partial charge on any atom is -0.434 e. The van der Waals surface area contributed by atoms with E-state index < -0.39 is 9.84 Å². The highest BCUT2D eigenvalue weighted by molar-refractivity contribution is 7.91. The molecule has 3 heterocycles. The summed E-state index contributed by atoms with van der Waals surface area (Å²) in [6, 6.07) is 9.47. The predicted octanol–water partition coefficient (Wildman–Crippen LogP) is 4.06. The SMILES string of the molecule is CC(C)(C)c1nc2cc(S(=O)(=O)c3ccc(C#N)o3)ccc2n1CC1CCOCC1. The van der Waals surface area contributed by atoms with Gasteiger partial charge in [-0.15, -0.1) is 0 Å². The highest BCUT2D eigenvalue weighted by atomic mass is 32.2.